The van der Waals surface area contributed by atoms with Gasteiger partial charge in [0.05, 0.1) is 11.9 Å². The minimum Gasteiger partial charge on any atom is -0.211 e. The SMILES string of the molecule is CCCCCCCCCCCCCCCCC(=CN=C=O)N=C=O. The Balaban J connectivity index is 3.36. The maximum atomic E-state index is 10.3. The van der Waals surface area contributed by atoms with E-state index < -0.39 is 0 Å². The zero-order valence-electron chi connectivity index (χ0n) is 15.4. The predicted octanol–water partition coefficient (Wildman–Crippen LogP) is 6.37. The first-order valence-electron chi connectivity index (χ1n) is 9.69. The first-order chi connectivity index (χ1) is 11.8. The van der Waals surface area contributed by atoms with Gasteiger partial charge in [0, 0.05) is 0 Å². The second-order valence-corrected chi connectivity index (χ2v) is 6.39. The highest BCUT2D eigenvalue weighted by Crippen LogP contribution is 2.15. The molecule has 0 saturated heterocycles. The molecule has 0 radical (unpaired) electrons. The Labute approximate surface area is 147 Å². The monoisotopic (exact) mass is 334 g/mol. The minimum absolute atomic E-state index is 0.507. The summed E-state index contributed by atoms with van der Waals surface area (Å²) in [6.45, 7) is 2.26. The van der Waals surface area contributed by atoms with Crippen LogP contribution in [0.1, 0.15) is 103 Å². The molecule has 0 N–H and O–H groups in total. The van der Waals surface area contributed by atoms with Crippen LogP contribution in [0, 0.1) is 0 Å². The fourth-order valence-corrected chi connectivity index (χ4v) is 2.81. The summed E-state index contributed by atoms with van der Waals surface area (Å²) in [5, 5.41) is 0. The van der Waals surface area contributed by atoms with Gasteiger partial charge in [0.2, 0.25) is 12.2 Å². The van der Waals surface area contributed by atoms with Gasteiger partial charge >= 0.3 is 0 Å². The predicted molar refractivity (Wildman–Crippen MR) is 99.3 cm³/mol. The molecule has 0 saturated carbocycles. The molecule has 0 aromatic rings. The standard InChI is InChI=1S/C20H34N2O2/c1-2-3-4-5-6-7-8-9-10-11-12-13-14-15-16-20(22-19-24)17-21-18-23/h17H,2-16H2,1H3. The van der Waals surface area contributed by atoms with Gasteiger partial charge in [0.15, 0.2) is 0 Å². The van der Waals surface area contributed by atoms with Crippen molar-refractivity contribution in [2.45, 2.75) is 103 Å². The van der Waals surface area contributed by atoms with Gasteiger partial charge in [-0.25, -0.2) is 9.59 Å². The molecule has 0 spiro atoms. The zero-order valence-corrected chi connectivity index (χ0v) is 15.4. The Kier molecular flexibility index (Phi) is 18.3. The third kappa shape index (κ3) is 16.9. The zero-order chi connectivity index (χ0) is 17.7. The van der Waals surface area contributed by atoms with Crippen LogP contribution in [0.3, 0.4) is 0 Å². The van der Waals surface area contributed by atoms with Gasteiger partial charge in [-0.05, 0) is 12.8 Å². The average Bonchev–Trinajstić information content (AvgIpc) is 2.59. The summed E-state index contributed by atoms with van der Waals surface area (Å²) in [5.74, 6) is 0. The maximum absolute atomic E-state index is 10.3. The summed E-state index contributed by atoms with van der Waals surface area (Å²) in [4.78, 5) is 27.2. The highest BCUT2D eigenvalue weighted by atomic mass is 16.1. The van der Waals surface area contributed by atoms with Gasteiger partial charge in [0.25, 0.3) is 0 Å². The number of hydrogen-bond donors (Lipinski definition) is 0. The highest BCUT2D eigenvalue weighted by molar-refractivity contribution is 5.38. The van der Waals surface area contributed by atoms with Gasteiger partial charge in [-0.3, -0.25) is 0 Å². The van der Waals surface area contributed by atoms with Crippen molar-refractivity contribution in [3.05, 3.63) is 11.9 Å². The molecule has 0 amide bonds. The van der Waals surface area contributed by atoms with Gasteiger partial charge in [-0.2, -0.15) is 9.98 Å². The lowest BCUT2D eigenvalue weighted by molar-refractivity contribution is 0.535. The van der Waals surface area contributed by atoms with Crippen molar-refractivity contribution >= 4 is 12.2 Å². The summed E-state index contributed by atoms with van der Waals surface area (Å²) in [6, 6.07) is 0. The molecule has 0 fully saturated rings. The van der Waals surface area contributed by atoms with Crippen LogP contribution in [-0.2, 0) is 9.59 Å². The molecule has 24 heavy (non-hydrogen) atoms. The van der Waals surface area contributed by atoms with Gasteiger partial charge in [0.1, 0.15) is 0 Å². The van der Waals surface area contributed by atoms with Crippen molar-refractivity contribution in [1.82, 2.24) is 0 Å². The first-order valence-corrected chi connectivity index (χ1v) is 9.69. The molecule has 0 rings (SSSR count). The van der Waals surface area contributed by atoms with E-state index in [9.17, 15) is 9.59 Å². The van der Waals surface area contributed by atoms with E-state index in [1.54, 1.807) is 0 Å². The van der Waals surface area contributed by atoms with Crippen molar-refractivity contribution in [3.8, 4) is 0 Å². The number of allylic oxidation sites excluding steroid dienone is 1. The van der Waals surface area contributed by atoms with Crippen molar-refractivity contribution in [3.63, 3.8) is 0 Å². The molecule has 0 aliphatic heterocycles. The fourth-order valence-electron chi connectivity index (χ4n) is 2.81. The van der Waals surface area contributed by atoms with E-state index in [1.165, 1.54) is 95.4 Å². The minimum atomic E-state index is 0.507. The molecule has 0 atom stereocenters. The molecule has 4 nitrogen and oxygen atoms in total. The van der Waals surface area contributed by atoms with Gasteiger partial charge < -0.3 is 0 Å². The normalized spacial score (nSPS) is 11.0. The quantitative estimate of drug-likeness (QED) is 0.176. The van der Waals surface area contributed by atoms with E-state index in [0.29, 0.717) is 12.1 Å². The molecule has 136 valence electrons. The Hall–Kier alpha value is -1.50. The summed E-state index contributed by atoms with van der Waals surface area (Å²) in [6.07, 6.45) is 23.2. The van der Waals surface area contributed by atoms with Crippen molar-refractivity contribution in [2.75, 3.05) is 0 Å². The van der Waals surface area contributed by atoms with Gasteiger partial charge in [-0.15, -0.1) is 0 Å². The topological polar surface area (TPSA) is 58.9 Å². The second kappa shape index (κ2) is 19.5. The number of nitrogens with zero attached hydrogens (tertiary/aromatic N) is 2. The summed E-state index contributed by atoms with van der Waals surface area (Å²) >= 11 is 0. The number of carbonyl (C=O) groups excluding carboxylic acids is 2. The summed E-state index contributed by atoms with van der Waals surface area (Å²) < 4.78 is 0. The average molecular weight is 335 g/mol. The van der Waals surface area contributed by atoms with Crippen molar-refractivity contribution < 1.29 is 9.59 Å². The Bertz CT molecular complexity index is 406. The lowest BCUT2D eigenvalue weighted by Crippen LogP contribution is -1.84. The van der Waals surface area contributed by atoms with Crippen LogP contribution in [0.4, 0.5) is 0 Å². The highest BCUT2D eigenvalue weighted by Gasteiger charge is 1.97. The lowest BCUT2D eigenvalue weighted by Gasteiger charge is -2.03. The van der Waals surface area contributed by atoms with Crippen LogP contribution >= 0.6 is 0 Å². The molecule has 0 aliphatic rings. The lowest BCUT2D eigenvalue weighted by atomic mass is 10.0. The third-order valence-corrected chi connectivity index (χ3v) is 4.24. The van der Waals surface area contributed by atoms with Crippen molar-refractivity contribution in [2.24, 2.45) is 9.98 Å². The molecular weight excluding hydrogens is 300 g/mol. The fraction of sp³-hybridized carbons (Fsp3) is 0.800. The van der Waals surface area contributed by atoms with Gasteiger partial charge in [-0.1, -0.05) is 90.4 Å². The number of isocyanates is 2. The number of unbranched alkanes of at least 4 members (excludes halogenated alkanes) is 13. The Morgan fingerprint density at radius 1 is 0.708 bits per heavy atom. The van der Waals surface area contributed by atoms with Crippen molar-refractivity contribution in [1.29, 1.82) is 0 Å². The Morgan fingerprint density at radius 3 is 1.58 bits per heavy atom. The van der Waals surface area contributed by atoms with Crippen LogP contribution in [0.5, 0.6) is 0 Å². The summed E-state index contributed by atoms with van der Waals surface area (Å²) in [5.41, 5.74) is 0.507. The number of aliphatic imine (C=N–C) groups is 2. The molecule has 0 aromatic carbocycles. The number of rotatable bonds is 17. The van der Waals surface area contributed by atoms with Crippen LogP contribution < -0.4 is 0 Å². The smallest absolute Gasteiger partial charge is 0.211 e. The van der Waals surface area contributed by atoms with Crippen LogP contribution in [-0.4, -0.2) is 12.2 Å². The van der Waals surface area contributed by atoms with E-state index in [2.05, 4.69) is 16.9 Å². The van der Waals surface area contributed by atoms with Crippen LogP contribution in [0.2, 0.25) is 0 Å². The number of hydrogen-bond acceptors (Lipinski definition) is 4. The first kappa shape index (κ1) is 22.5. The second-order valence-electron chi connectivity index (χ2n) is 6.39. The van der Waals surface area contributed by atoms with E-state index in [4.69, 9.17) is 0 Å². The summed E-state index contributed by atoms with van der Waals surface area (Å²) in [7, 11) is 0. The molecule has 0 aliphatic carbocycles. The largest absolute Gasteiger partial charge is 0.240 e. The van der Waals surface area contributed by atoms with E-state index in [1.807, 2.05) is 0 Å². The van der Waals surface area contributed by atoms with E-state index in [-0.39, 0.29) is 0 Å². The molecule has 4 heteroatoms. The third-order valence-electron chi connectivity index (χ3n) is 4.24. The molecule has 0 aromatic heterocycles. The van der Waals surface area contributed by atoms with Crippen LogP contribution in [0.25, 0.3) is 0 Å². The van der Waals surface area contributed by atoms with E-state index >= 15 is 0 Å². The molecule has 0 unspecified atom stereocenters. The molecule has 0 bridgehead atoms. The molecular formula is C20H34N2O2. The Morgan fingerprint density at radius 2 is 1.17 bits per heavy atom. The maximum Gasteiger partial charge on any atom is 0.240 e. The van der Waals surface area contributed by atoms with E-state index in [0.717, 1.165) is 12.8 Å². The molecule has 0 heterocycles. The van der Waals surface area contributed by atoms with Crippen LogP contribution in [0.15, 0.2) is 21.9 Å².